The minimum atomic E-state index is 0.221. The van der Waals surface area contributed by atoms with Gasteiger partial charge in [-0.25, -0.2) is 0 Å². The van der Waals surface area contributed by atoms with Gasteiger partial charge in [-0.1, -0.05) is 22.9 Å². The molecule has 3 unspecified atom stereocenters. The predicted octanol–water partition coefficient (Wildman–Crippen LogP) is 3.34. The molecule has 2 N–H and O–H groups in total. The smallest absolute Gasteiger partial charge is 0.0726 e. The second-order valence-corrected chi connectivity index (χ2v) is 6.72. The van der Waals surface area contributed by atoms with Gasteiger partial charge in [-0.15, -0.1) is 0 Å². The molecule has 0 saturated carbocycles. The number of nitrogens with two attached hydrogens (primary N) is 1. The first-order chi connectivity index (χ1) is 9.49. The number of hydrogen-bond donors (Lipinski definition) is 1. The Balaban J connectivity index is 2.25. The lowest BCUT2D eigenvalue weighted by molar-refractivity contribution is -0.00526. The van der Waals surface area contributed by atoms with E-state index in [0.29, 0.717) is 0 Å². The average molecular weight is 341 g/mol. The number of rotatable bonds is 4. The van der Waals surface area contributed by atoms with Crippen LogP contribution < -0.4 is 10.6 Å². The molecule has 0 amide bonds. The fourth-order valence-electron chi connectivity index (χ4n) is 2.83. The van der Waals surface area contributed by atoms with Crippen molar-refractivity contribution >= 4 is 21.6 Å². The zero-order valence-corrected chi connectivity index (χ0v) is 14.2. The minimum absolute atomic E-state index is 0.221. The van der Waals surface area contributed by atoms with Crippen molar-refractivity contribution in [3.8, 4) is 0 Å². The van der Waals surface area contributed by atoms with Gasteiger partial charge in [-0.2, -0.15) is 0 Å². The predicted molar refractivity (Wildman–Crippen MR) is 88.3 cm³/mol. The quantitative estimate of drug-likeness (QED) is 0.913. The van der Waals surface area contributed by atoms with Gasteiger partial charge in [0.05, 0.1) is 12.2 Å². The van der Waals surface area contributed by atoms with E-state index in [2.05, 4.69) is 59.8 Å². The lowest BCUT2D eigenvalue weighted by atomic mass is 10.0. The summed E-state index contributed by atoms with van der Waals surface area (Å²) in [5, 5.41) is 0. The van der Waals surface area contributed by atoms with Crippen molar-refractivity contribution in [1.29, 1.82) is 0 Å². The highest BCUT2D eigenvalue weighted by atomic mass is 79.9. The molecule has 2 rings (SSSR count). The summed E-state index contributed by atoms with van der Waals surface area (Å²) >= 11 is 3.57. The first kappa shape index (κ1) is 15.8. The molecule has 0 aromatic heterocycles. The van der Waals surface area contributed by atoms with Crippen LogP contribution in [0.2, 0.25) is 0 Å². The monoisotopic (exact) mass is 340 g/mol. The molecule has 0 spiro atoms. The van der Waals surface area contributed by atoms with E-state index >= 15 is 0 Å². The molecular formula is C16H25BrN2O. The first-order valence-corrected chi connectivity index (χ1v) is 8.23. The second-order valence-electron chi connectivity index (χ2n) is 5.81. The molecular weight excluding hydrogens is 316 g/mol. The van der Waals surface area contributed by atoms with Gasteiger partial charge in [0.25, 0.3) is 0 Å². The van der Waals surface area contributed by atoms with E-state index in [9.17, 15) is 0 Å². The summed E-state index contributed by atoms with van der Waals surface area (Å²) in [5.41, 5.74) is 8.78. The van der Waals surface area contributed by atoms with Crippen molar-refractivity contribution in [3.63, 3.8) is 0 Å². The molecule has 1 aliphatic heterocycles. The minimum Gasteiger partial charge on any atom is -0.372 e. The Hall–Kier alpha value is -0.580. The van der Waals surface area contributed by atoms with Gasteiger partial charge in [0.1, 0.15) is 0 Å². The largest absolute Gasteiger partial charge is 0.372 e. The van der Waals surface area contributed by atoms with Crippen molar-refractivity contribution in [3.05, 3.63) is 28.2 Å². The maximum absolute atomic E-state index is 6.15. The molecule has 1 aliphatic rings. The molecule has 112 valence electrons. The number of benzene rings is 1. The van der Waals surface area contributed by atoms with Crippen LogP contribution in [0.25, 0.3) is 0 Å². The maximum Gasteiger partial charge on any atom is 0.0726 e. The van der Waals surface area contributed by atoms with Crippen molar-refractivity contribution in [2.45, 2.75) is 51.9 Å². The average Bonchev–Trinajstić information content (AvgIpc) is 2.37. The highest BCUT2D eigenvalue weighted by Crippen LogP contribution is 2.28. The molecule has 1 heterocycles. The van der Waals surface area contributed by atoms with Gasteiger partial charge in [-0.3, -0.25) is 0 Å². The summed E-state index contributed by atoms with van der Waals surface area (Å²) in [6.45, 7) is 8.31. The highest BCUT2D eigenvalue weighted by molar-refractivity contribution is 9.10. The van der Waals surface area contributed by atoms with E-state index in [1.807, 2.05) is 0 Å². The van der Waals surface area contributed by atoms with Crippen LogP contribution in [0.4, 0.5) is 5.69 Å². The third-order valence-electron chi connectivity index (χ3n) is 3.81. The number of hydrogen-bond acceptors (Lipinski definition) is 3. The van der Waals surface area contributed by atoms with Gasteiger partial charge in [0, 0.05) is 29.3 Å². The molecule has 3 atom stereocenters. The van der Waals surface area contributed by atoms with Gasteiger partial charge < -0.3 is 15.4 Å². The third-order valence-corrected chi connectivity index (χ3v) is 4.30. The van der Waals surface area contributed by atoms with Gasteiger partial charge in [0.15, 0.2) is 0 Å². The standard InChI is InChI=1S/C16H25BrN2O/c1-4-15(18)8-13-7-14(17)5-6-16(13)19-9-11(2)20-12(3)10-19/h5-7,11-12,15H,4,8-10,18H2,1-3H3. The molecule has 0 aliphatic carbocycles. The van der Waals surface area contributed by atoms with E-state index in [4.69, 9.17) is 10.5 Å². The fourth-order valence-corrected chi connectivity index (χ4v) is 3.24. The van der Waals surface area contributed by atoms with E-state index in [-0.39, 0.29) is 18.2 Å². The Morgan fingerprint density at radius 3 is 2.60 bits per heavy atom. The number of morpholine rings is 1. The number of halogens is 1. The van der Waals surface area contributed by atoms with Gasteiger partial charge >= 0.3 is 0 Å². The lowest BCUT2D eigenvalue weighted by Crippen LogP contribution is -2.46. The maximum atomic E-state index is 6.15. The number of anilines is 1. The van der Waals surface area contributed by atoms with Crippen molar-refractivity contribution < 1.29 is 4.74 Å². The third kappa shape index (κ3) is 3.96. The Labute approximate surface area is 130 Å². The first-order valence-electron chi connectivity index (χ1n) is 7.44. The molecule has 20 heavy (non-hydrogen) atoms. The van der Waals surface area contributed by atoms with Crippen molar-refractivity contribution in [2.24, 2.45) is 5.73 Å². The highest BCUT2D eigenvalue weighted by Gasteiger charge is 2.24. The molecule has 1 aromatic rings. The normalized spacial score (nSPS) is 24.8. The Morgan fingerprint density at radius 2 is 2.00 bits per heavy atom. The van der Waals surface area contributed by atoms with Crippen LogP contribution in [0.1, 0.15) is 32.8 Å². The molecule has 1 saturated heterocycles. The molecule has 0 radical (unpaired) electrons. The van der Waals surface area contributed by atoms with Crippen LogP contribution in [0.5, 0.6) is 0 Å². The lowest BCUT2D eigenvalue weighted by Gasteiger charge is -2.38. The summed E-state index contributed by atoms with van der Waals surface area (Å²) in [5.74, 6) is 0. The zero-order chi connectivity index (χ0) is 14.7. The van der Waals surface area contributed by atoms with Crippen LogP contribution in [0, 0.1) is 0 Å². The summed E-state index contributed by atoms with van der Waals surface area (Å²) < 4.78 is 6.95. The van der Waals surface area contributed by atoms with E-state index in [0.717, 1.165) is 30.4 Å². The summed E-state index contributed by atoms with van der Waals surface area (Å²) in [4.78, 5) is 2.43. The summed E-state index contributed by atoms with van der Waals surface area (Å²) in [6, 6.07) is 6.74. The molecule has 0 bridgehead atoms. The molecule has 1 fully saturated rings. The molecule has 4 heteroatoms. The number of ether oxygens (including phenoxy) is 1. The molecule has 1 aromatic carbocycles. The topological polar surface area (TPSA) is 38.5 Å². The van der Waals surface area contributed by atoms with E-state index < -0.39 is 0 Å². The fraction of sp³-hybridized carbons (Fsp3) is 0.625. The van der Waals surface area contributed by atoms with Crippen molar-refractivity contribution in [2.75, 3.05) is 18.0 Å². The molecule has 3 nitrogen and oxygen atoms in total. The second kappa shape index (κ2) is 6.92. The number of nitrogens with zero attached hydrogens (tertiary/aromatic N) is 1. The summed E-state index contributed by atoms with van der Waals surface area (Å²) in [6.07, 6.45) is 2.47. The van der Waals surface area contributed by atoms with Crippen molar-refractivity contribution in [1.82, 2.24) is 0 Å². The van der Waals surface area contributed by atoms with E-state index in [1.165, 1.54) is 11.3 Å². The summed E-state index contributed by atoms with van der Waals surface area (Å²) in [7, 11) is 0. The SMILES string of the molecule is CCC(N)Cc1cc(Br)ccc1N1CC(C)OC(C)C1. The van der Waals surface area contributed by atoms with Gasteiger partial charge in [0.2, 0.25) is 0 Å². The Bertz CT molecular complexity index is 442. The van der Waals surface area contributed by atoms with Gasteiger partial charge in [-0.05, 0) is 50.5 Å². The van der Waals surface area contributed by atoms with Crippen LogP contribution in [-0.2, 0) is 11.2 Å². The van der Waals surface area contributed by atoms with Crippen LogP contribution in [0.15, 0.2) is 22.7 Å². The van der Waals surface area contributed by atoms with Crippen LogP contribution >= 0.6 is 15.9 Å². The zero-order valence-electron chi connectivity index (χ0n) is 12.6. The van der Waals surface area contributed by atoms with Crippen LogP contribution in [0.3, 0.4) is 0 Å². The van der Waals surface area contributed by atoms with E-state index in [1.54, 1.807) is 0 Å². The van der Waals surface area contributed by atoms with Crippen LogP contribution in [-0.4, -0.2) is 31.3 Å². The Morgan fingerprint density at radius 1 is 1.35 bits per heavy atom. The Kier molecular flexibility index (Phi) is 5.47.